The Morgan fingerprint density at radius 2 is 1.78 bits per heavy atom. The van der Waals surface area contributed by atoms with Gasteiger partial charge >= 0.3 is 0 Å². The highest BCUT2D eigenvalue weighted by Gasteiger charge is 2.42. The summed E-state index contributed by atoms with van der Waals surface area (Å²) in [5.41, 5.74) is 5.17. The minimum atomic E-state index is -0.102. The number of pyridine rings is 1. The van der Waals surface area contributed by atoms with Gasteiger partial charge < -0.3 is 14.8 Å². The minimum absolute atomic E-state index is 0.0930. The number of aromatic nitrogens is 2. The smallest absolute Gasteiger partial charge is 0.174 e. The second kappa shape index (κ2) is 8.70. The Balaban J connectivity index is 1.67. The number of hydrogen-bond donors (Lipinski definition) is 1. The van der Waals surface area contributed by atoms with Crippen LogP contribution in [-0.4, -0.2) is 14.7 Å². The molecule has 0 saturated carbocycles. The topological polar surface area (TPSA) is 33.1 Å². The largest absolute Gasteiger partial charge is 0.351 e. The van der Waals surface area contributed by atoms with Crippen LogP contribution in [0, 0.1) is 6.92 Å². The highest BCUT2D eigenvalue weighted by molar-refractivity contribution is 9.10. The van der Waals surface area contributed by atoms with Crippen LogP contribution in [0.2, 0.25) is 5.02 Å². The molecule has 7 heteroatoms. The fourth-order valence-electron chi connectivity index (χ4n) is 4.18. The molecule has 32 heavy (non-hydrogen) atoms. The number of thiocarbonyl (C=S) groups is 1. The molecule has 0 bridgehead atoms. The maximum Gasteiger partial charge on any atom is 0.174 e. The van der Waals surface area contributed by atoms with E-state index in [9.17, 15) is 0 Å². The van der Waals surface area contributed by atoms with Gasteiger partial charge in [-0.2, -0.15) is 0 Å². The monoisotopic (exact) mass is 522 g/mol. The molecule has 1 aliphatic rings. The van der Waals surface area contributed by atoms with E-state index in [4.69, 9.17) is 23.8 Å². The average molecular weight is 524 g/mol. The molecule has 2 atom stereocenters. The van der Waals surface area contributed by atoms with Crippen LogP contribution in [-0.2, 0) is 0 Å². The number of hydrogen-bond acceptors (Lipinski definition) is 2. The first kappa shape index (κ1) is 21.2. The van der Waals surface area contributed by atoms with Crippen molar-refractivity contribution in [1.29, 1.82) is 0 Å². The molecule has 1 saturated heterocycles. The molecule has 160 valence electrons. The molecule has 0 aliphatic carbocycles. The molecule has 1 aliphatic heterocycles. The Morgan fingerprint density at radius 1 is 1.00 bits per heavy atom. The van der Waals surface area contributed by atoms with Gasteiger partial charge in [0.1, 0.15) is 6.04 Å². The Bertz CT molecular complexity index is 1270. The van der Waals surface area contributed by atoms with Crippen molar-refractivity contribution in [3.05, 3.63) is 112 Å². The van der Waals surface area contributed by atoms with Gasteiger partial charge in [-0.3, -0.25) is 4.98 Å². The highest BCUT2D eigenvalue weighted by atomic mass is 79.9. The van der Waals surface area contributed by atoms with Gasteiger partial charge in [-0.1, -0.05) is 33.6 Å². The van der Waals surface area contributed by atoms with Crippen molar-refractivity contribution in [2.45, 2.75) is 19.0 Å². The van der Waals surface area contributed by atoms with E-state index in [2.05, 4.69) is 72.2 Å². The van der Waals surface area contributed by atoms with Crippen molar-refractivity contribution in [2.24, 2.45) is 0 Å². The van der Waals surface area contributed by atoms with Crippen LogP contribution in [0.4, 0.5) is 5.69 Å². The van der Waals surface area contributed by atoms with Crippen LogP contribution in [0.5, 0.6) is 0 Å². The zero-order valence-electron chi connectivity index (χ0n) is 17.2. The Labute approximate surface area is 206 Å². The molecule has 2 aromatic heterocycles. The van der Waals surface area contributed by atoms with Crippen LogP contribution < -0.4 is 10.2 Å². The summed E-state index contributed by atoms with van der Waals surface area (Å²) in [5, 5.41) is 4.95. The third-order valence-electron chi connectivity index (χ3n) is 5.71. The average Bonchev–Trinajstić information content (AvgIpc) is 3.41. The Kier molecular flexibility index (Phi) is 5.76. The summed E-state index contributed by atoms with van der Waals surface area (Å²) in [7, 11) is 0. The van der Waals surface area contributed by atoms with E-state index in [1.54, 1.807) is 0 Å². The van der Waals surface area contributed by atoms with Gasteiger partial charge in [-0.15, -0.1) is 0 Å². The lowest BCUT2D eigenvalue weighted by Crippen LogP contribution is -2.30. The van der Waals surface area contributed by atoms with E-state index in [1.165, 1.54) is 0 Å². The maximum absolute atomic E-state index is 6.29. The number of anilines is 1. The summed E-state index contributed by atoms with van der Waals surface area (Å²) in [6.45, 7) is 2.02. The van der Waals surface area contributed by atoms with Gasteiger partial charge in [-0.05, 0) is 91.4 Å². The van der Waals surface area contributed by atoms with Crippen LogP contribution in [0.1, 0.15) is 29.0 Å². The van der Waals surface area contributed by atoms with Crippen LogP contribution in [0.25, 0.3) is 5.69 Å². The Hall–Kier alpha value is -2.67. The number of aryl methyl sites for hydroxylation is 1. The second-order valence-corrected chi connectivity index (χ2v) is 9.42. The maximum atomic E-state index is 6.29. The zero-order chi connectivity index (χ0) is 22.2. The van der Waals surface area contributed by atoms with Crippen molar-refractivity contribution in [3.8, 4) is 5.69 Å². The number of benzene rings is 2. The van der Waals surface area contributed by atoms with Crippen LogP contribution in [0.15, 0.2) is 89.7 Å². The molecule has 3 heterocycles. The molecule has 4 aromatic rings. The fraction of sp³-hybridized carbons (Fsp3) is 0.120. The molecule has 1 fully saturated rings. The Morgan fingerprint density at radius 3 is 2.50 bits per heavy atom. The highest BCUT2D eigenvalue weighted by Crippen LogP contribution is 2.42. The molecule has 1 N–H and O–H groups in total. The summed E-state index contributed by atoms with van der Waals surface area (Å²) in [4.78, 5) is 6.82. The second-order valence-electron chi connectivity index (χ2n) is 7.71. The quantitative estimate of drug-likeness (QED) is 0.299. The van der Waals surface area contributed by atoms with Crippen molar-refractivity contribution >= 4 is 50.5 Å². The third kappa shape index (κ3) is 3.83. The number of nitrogens with one attached hydrogen (secondary N) is 1. The molecule has 0 unspecified atom stereocenters. The lowest BCUT2D eigenvalue weighted by Gasteiger charge is -2.29. The van der Waals surface area contributed by atoms with E-state index in [-0.39, 0.29) is 12.1 Å². The third-order valence-corrected chi connectivity index (χ3v) is 6.97. The van der Waals surface area contributed by atoms with Gasteiger partial charge in [0, 0.05) is 39.0 Å². The summed E-state index contributed by atoms with van der Waals surface area (Å²) < 4.78 is 3.22. The molecule has 0 spiro atoms. The van der Waals surface area contributed by atoms with Gasteiger partial charge in [0.05, 0.1) is 11.7 Å². The predicted octanol–water partition coefficient (Wildman–Crippen LogP) is 6.77. The standard InChI is InChI=1S/C25H20BrClN4S/c1-16-15-19(11-12-20(16)27)30-14-4-6-22(30)24-23(21-5-2-3-13-28-21)29-25(32)31(24)18-9-7-17(26)8-10-18/h2-15,23-24H,1H3,(H,29,32)/t23-,24+/m0/s1. The van der Waals surface area contributed by atoms with Gasteiger partial charge in [0.15, 0.2) is 5.11 Å². The van der Waals surface area contributed by atoms with E-state index >= 15 is 0 Å². The number of nitrogens with zero attached hydrogens (tertiary/aromatic N) is 3. The van der Waals surface area contributed by atoms with Gasteiger partial charge in [0.2, 0.25) is 0 Å². The van der Waals surface area contributed by atoms with Crippen molar-refractivity contribution in [3.63, 3.8) is 0 Å². The summed E-state index contributed by atoms with van der Waals surface area (Å²) in [6, 6.07) is 24.3. The number of rotatable bonds is 4. The molecular weight excluding hydrogens is 504 g/mol. The fourth-order valence-corrected chi connectivity index (χ4v) is 4.91. The predicted molar refractivity (Wildman–Crippen MR) is 138 cm³/mol. The van der Waals surface area contributed by atoms with Crippen LogP contribution in [0.3, 0.4) is 0 Å². The summed E-state index contributed by atoms with van der Waals surface area (Å²) >= 11 is 15.7. The van der Waals surface area contributed by atoms with Crippen LogP contribution >= 0.6 is 39.7 Å². The molecule has 2 aromatic carbocycles. The molecule has 0 radical (unpaired) electrons. The van der Waals surface area contributed by atoms with E-state index in [0.717, 1.165) is 37.8 Å². The van der Waals surface area contributed by atoms with Gasteiger partial charge in [-0.25, -0.2) is 0 Å². The van der Waals surface area contributed by atoms with Crippen molar-refractivity contribution in [1.82, 2.24) is 14.9 Å². The van der Waals surface area contributed by atoms with Gasteiger partial charge in [0.25, 0.3) is 0 Å². The van der Waals surface area contributed by atoms with E-state index in [1.807, 2.05) is 55.6 Å². The first-order chi connectivity index (χ1) is 15.5. The molecule has 0 amide bonds. The molecule has 4 nitrogen and oxygen atoms in total. The first-order valence-electron chi connectivity index (χ1n) is 10.2. The minimum Gasteiger partial charge on any atom is -0.351 e. The van der Waals surface area contributed by atoms with Crippen molar-refractivity contribution in [2.75, 3.05) is 4.90 Å². The van der Waals surface area contributed by atoms with E-state index < -0.39 is 0 Å². The zero-order valence-corrected chi connectivity index (χ0v) is 20.4. The van der Waals surface area contributed by atoms with Crippen molar-refractivity contribution < 1.29 is 0 Å². The normalized spacial score (nSPS) is 18.1. The number of halogens is 2. The molecular formula is C25H20BrClN4S. The lowest BCUT2D eigenvalue weighted by atomic mass is 10.0. The SMILES string of the molecule is Cc1cc(-n2cccc2[C@@H]2[C@H](c3ccccn3)NC(=S)N2c2ccc(Br)cc2)ccc1Cl. The summed E-state index contributed by atoms with van der Waals surface area (Å²) in [6.07, 6.45) is 3.90. The van der Waals surface area contributed by atoms with E-state index in [0.29, 0.717) is 5.11 Å². The summed E-state index contributed by atoms with van der Waals surface area (Å²) in [5.74, 6) is 0. The molecule has 5 rings (SSSR count). The lowest BCUT2D eigenvalue weighted by molar-refractivity contribution is 0.549. The first-order valence-corrected chi connectivity index (χ1v) is 11.8.